The van der Waals surface area contributed by atoms with Crippen molar-refractivity contribution < 1.29 is 18.1 Å². The van der Waals surface area contributed by atoms with Crippen molar-refractivity contribution in [3.05, 3.63) is 118 Å². The van der Waals surface area contributed by atoms with Gasteiger partial charge in [-0.2, -0.15) is 0 Å². The molecule has 0 atom stereocenters. The number of benzene rings is 3. The van der Waals surface area contributed by atoms with E-state index in [0.29, 0.717) is 22.5 Å². The number of sulfonamides is 1. The number of hydrogen-bond acceptors (Lipinski definition) is 7. The van der Waals surface area contributed by atoms with E-state index < -0.39 is 14.9 Å². The number of carbonyl (C=O) groups is 1. The summed E-state index contributed by atoms with van der Waals surface area (Å²) in [4.78, 5) is 30.8. The van der Waals surface area contributed by atoms with E-state index in [1.54, 1.807) is 60.7 Å². The summed E-state index contributed by atoms with van der Waals surface area (Å²) in [7, 11) is -4.00. The zero-order valence-electron chi connectivity index (χ0n) is 18.6. The molecule has 36 heavy (non-hydrogen) atoms. The lowest BCUT2D eigenvalue weighted by atomic mass is 10.2. The Morgan fingerprint density at radius 1 is 0.917 bits per heavy atom. The largest absolute Gasteiger partial charge is 0.322 e. The summed E-state index contributed by atoms with van der Waals surface area (Å²) in [5.41, 5.74) is 1.86. The van der Waals surface area contributed by atoms with Crippen LogP contribution in [0.2, 0.25) is 0 Å². The highest BCUT2D eigenvalue weighted by molar-refractivity contribution is 7.92. The molecule has 0 aliphatic carbocycles. The first-order valence-corrected chi connectivity index (χ1v) is 12.0. The lowest BCUT2D eigenvalue weighted by Gasteiger charge is -2.09. The maximum absolute atomic E-state index is 12.8. The highest BCUT2D eigenvalue weighted by atomic mass is 32.2. The number of nitrogens with zero attached hydrogens (tertiary/aromatic N) is 3. The first-order valence-electron chi connectivity index (χ1n) is 10.5. The van der Waals surface area contributed by atoms with E-state index in [1.165, 1.54) is 42.6 Å². The highest BCUT2D eigenvalue weighted by Crippen LogP contribution is 2.18. The van der Waals surface area contributed by atoms with Crippen LogP contribution in [0.1, 0.15) is 21.6 Å². The fourth-order valence-electron chi connectivity index (χ4n) is 3.13. The number of non-ortho nitro benzene ring substituents is 1. The van der Waals surface area contributed by atoms with E-state index in [4.69, 9.17) is 0 Å². The summed E-state index contributed by atoms with van der Waals surface area (Å²) >= 11 is 0. The highest BCUT2D eigenvalue weighted by Gasteiger charge is 2.16. The number of hydrogen-bond donors (Lipinski definition) is 2. The van der Waals surface area contributed by atoms with Gasteiger partial charge >= 0.3 is 0 Å². The van der Waals surface area contributed by atoms with Gasteiger partial charge in [0.1, 0.15) is 0 Å². The maximum Gasteiger partial charge on any atom is 0.270 e. The van der Waals surface area contributed by atoms with Crippen LogP contribution in [0.4, 0.5) is 17.3 Å². The van der Waals surface area contributed by atoms with Gasteiger partial charge in [-0.25, -0.2) is 23.1 Å². The summed E-state index contributed by atoms with van der Waals surface area (Å²) < 4.78 is 27.9. The molecule has 1 heterocycles. The van der Waals surface area contributed by atoms with Crippen LogP contribution in [-0.4, -0.2) is 29.2 Å². The molecule has 180 valence electrons. The van der Waals surface area contributed by atoms with Crippen LogP contribution < -0.4 is 10.0 Å². The van der Waals surface area contributed by atoms with E-state index >= 15 is 0 Å². The molecule has 1 amide bonds. The van der Waals surface area contributed by atoms with Crippen molar-refractivity contribution in [2.75, 3.05) is 10.0 Å². The third-order valence-electron chi connectivity index (χ3n) is 4.89. The Hall–Kier alpha value is -4.90. The predicted octanol–water partition coefficient (Wildman–Crippen LogP) is 4.61. The van der Waals surface area contributed by atoms with Gasteiger partial charge in [-0.15, -0.1) is 0 Å². The van der Waals surface area contributed by atoms with Gasteiger partial charge < -0.3 is 5.32 Å². The number of nitrogens with one attached hydrogen (secondary N) is 2. The van der Waals surface area contributed by atoms with Crippen molar-refractivity contribution >= 4 is 45.4 Å². The van der Waals surface area contributed by atoms with Gasteiger partial charge in [-0.1, -0.05) is 36.4 Å². The van der Waals surface area contributed by atoms with Crippen molar-refractivity contribution in [1.82, 2.24) is 9.97 Å². The summed E-state index contributed by atoms with van der Waals surface area (Å²) in [6, 6.07) is 21.9. The minimum Gasteiger partial charge on any atom is -0.322 e. The Kier molecular flexibility index (Phi) is 7.12. The SMILES string of the molecule is O=C(Nc1ccc(S(=O)(=O)Nc2nccc(/C=C\c3cccc([N+](=O)[O-])c3)n2)cc1)c1ccccc1. The minimum absolute atomic E-state index is 0.0404. The first kappa shape index (κ1) is 24.2. The van der Waals surface area contributed by atoms with Gasteiger partial charge in [0.2, 0.25) is 5.95 Å². The lowest BCUT2D eigenvalue weighted by molar-refractivity contribution is -0.384. The summed E-state index contributed by atoms with van der Waals surface area (Å²) in [6.45, 7) is 0. The van der Waals surface area contributed by atoms with Crippen molar-refractivity contribution in [2.45, 2.75) is 4.90 Å². The van der Waals surface area contributed by atoms with Gasteiger partial charge in [0.15, 0.2) is 0 Å². The summed E-state index contributed by atoms with van der Waals surface area (Å²) in [5.74, 6) is -0.453. The molecule has 0 unspecified atom stereocenters. The number of amides is 1. The Bertz CT molecular complexity index is 1540. The van der Waals surface area contributed by atoms with Gasteiger partial charge in [-0.05, 0) is 54.1 Å². The molecule has 0 saturated heterocycles. The van der Waals surface area contributed by atoms with E-state index in [2.05, 4.69) is 20.0 Å². The Balaban J connectivity index is 1.44. The number of carbonyl (C=O) groups excluding carboxylic acids is 1. The van der Waals surface area contributed by atoms with Gasteiger partial charge in [0.25, 0.3) is 21.6 Å². The van der Waals surface area contributed by atoms with Crippen molar-refractivity contribution in [3.8, 4) is 0 Å². The Morgan fingerprint density at radius 3 is 2.39 bits per heavy atom. The summed E-state index contributed by atoms with van der Waals surface area (Å²) in [5, 5.41) is 13.6. The van der Waals surface area contributed by atoms with Crippen LogP contribution in [0.15, 0.2) is 96.0 Å². The molecule has 4 aromatic rings. The van der Waals surface area contributed by atoms with E-state index in [9.17, 15) is 23.3 Å². The number of aromatic nitrogens is 2. The molecule has 0 saturated carbocycles. The van der Waals surface area contributed by atoms with Crippen LogP contribution in [0.3, 0.4) is 0 Å². The van der Waals surface area contributed by atoms with Gasteiger partial charge in [0, 0.05) is 29.6 Å². The van der Waals surface area contributed by atoms with Gasteiger partial charge in [0.05, 0.1) is 15.5 Å². The zero-order valence-corrected chi connectivity index (χ0v) is 19.4. The van der Waals surface area contributed by atoms with Crippen LogP contribution >= 0.6 is 0 Å². The third kappa shape index (κ3) is 6.15. The molecule has 3 aromatic carbocycles. The second-order valence-corrected chi connectivity index (χ2v) is 9.12. The standard InChI is InChI=1S/C25H19N5O5S/c31-24(19-6-2-1-3-7-19)27-20-11-13-23(14-12-20)36(34,35)29-25-26-16-15-21(28-25)10-9-18-5-4-8-22(17-18)30(32)33/h1-17H,(H,27,31)(H,26,28,29)/b10-9-. The third-order valence-corrected chi connectivity index (χ3v) is 6.23. The molecular weight excluding hydrogens is 482 g/mol. The molecule has 0 bridgehead atoms. The quantitative estimate of drug-likeness (QED) is 0.265. The molecule has 0 spiro atoms. The minimum atomic E-state index is -4.00. The normalized spacial score (nSPS) is 11.2. The number of nitro groups is 1. The fraction of sp³-hybridized carbons (Fsp3) is 0. The van der Waals surface area contributed by atoms with Crippen molar-refractivity contribution in [1.29, 1.82) is 0 Å². The zero-order chi connectivity index (χ0) is 25.5. The van der Waals surface area contributed by atoms with Crippen LogP contribution in [0.25, 0.3) is 12.2 Å². The Morgan fingerprint density at radius 2 is 1.67 bits per heavy atom. The lowest BCUT2D eigenvalue weighted by Crippen LogP contribution is -2.15. The molecule has 10 nitrogen and oxygen atoms in total. The second-order valence-electron chi connectivity index (χ2n) is 7.44. The number of anilines is 2. The average Bonchev–Trinajstić information content (AvgIpc) is 2.88. The number of rotatable bonds is 8. The molecule has 4 rings (SSSR count). The van der Waals surface area contributed by atoms with Crippen molar-refractivity contribution in [3.63, 3.8) is 0 Å². The van der Waals surface area contributed by atoms with E-state index in [-0.39, 0.29) is 22.4 Å². The van der Waals surface area contributed by atoms with Crippen LogP contribution in [-0.2, 0) is 10.0 Å². The topological polar surface area (TPSA) is 144 Å². The van der Waals surface area contributed by atoms with Crippen LogP contribution in [0, 0.1) is 10.1 Å². The van der Waals surface area contributed by atoms with Crippen molar-refractivity contribution in [2.24, 2.45) is 0 Å². The molecule has 0 fully saturated rings. The second kappa shape index (κ2) is 10.6. The van der Waals surface area contributed by atoms with Gasteiger partial charge in [-0.3, -0.25) is 14.9 Å². The van der Waals surface area contributed by atoms with Crippen LogP contribution in [0.5, 0.6) is 0 Å². The summed E-state index contributed by atoms with van der Waals surface area (Å²) in [6.07, 6.45) is 4.60. The van der Waals surface area contributed by atoms with E-state index in [0.717, 1.165) is 0 Å². The van der Waals surface area contributed by atoms with E-state index in [1.807, 2.05) is 0 Å². The maximum atomic E-state index is 12.8. The Labute approximate surface area is 206 Å². The predicted molar refractivity (Wildman–Crippen MR) is 136 cm³/mol. The monoisotopic (exact) mass is 501 g/mol. The average molecular weight is 502 g/mol. The molecular formula is C25H19N5O5S. The first-order chi connectivity index (χ1) is 17.3. The smallest absolute Gasteiger partial charge is 0.270 e. The fourth-order valence-corrected chi connectivity index (χ4v) is 4.08. The number of nitro benzene ring substituents is 1. The molecule has 2 N–H and O–H groups in total. The molecule has 11 heteroatoms. The molecule has 0 radical (unpaired) electrons. The molecule has 0 aliphatic heterocycles. The molecule has 1 aromatic heterocycles. The molecule has 0 aliphatic rings.